The fourth-order valence-corrected chi connectivity index (χ4v) is 4.36. The summed E-state index contributed by atoms with van der Waals surface area (Å²) in [5.74, 6) is -0.213. The summed E-state index contributed by atoms with van der Waals surface area (Å²) >= 11 is 6.42. The molecule has 1 aliphatic rings. The summed E-state index contributed by atoms with van der Waals surface area (Å²) in [4.78, 5) is 29.8. The number of carbonyl (C=O) groups is 2. The van der Waals surface area contributed by atoms with Gasteiger partial charge in [0.2, 0.25) is 0 Å². The third-order valence-electron chi connectivity index (χ3n) is 4.81. The predicted octanol–water partition coefficient (Wildman–Crippen LogP) is 3.97. The SMILES string of the molecule is CN1C(=O)/C(=C/c2ccc(C(=O)NCCc3c[nH]c4ccccc34)cc2)SC1=S. The Morgan fingerprint density at radius 1 is 1.21 bits per heavy atom. The number of hydrogen-bond acceptors (Lipinski definition) is 4. The molecule has 1 aromatic heterocycles. The standard InChI is InChI=1S/C22H19N3O2S2/c1-25-21(27)19(29-22(25)28)12-14-6-8-15(9-7-14)20(26)23-11-10-16-13-24-18-5-3-2-4-17(16)18/h2-9,12-13,24H,10-11H2,1H3,(H,23,26)/b19-12-. The van der Waals surface area contributed by atoms with Crippen LogP contribution in [0.5, 0.6) is 0 Å². The monoisotopic (exact) mass is 421 g/mol. The molecule has 1 fully saturated rings. The number of para-hydroxylation sites is 1. The minimum absolute atomic E-state index is 0.0981. The molecule has 2 aromatic carbocycles. The van der Waals surface area contributed by atoms with Gasteiger partial charge in [-0.3, -0.25) is 14.5 Å². The van der Waals surface area contributed by atoms with Crippen LogP contribution in [0.25, 0.3) is 17.0 Å². The molecule has 2 heterocycles. The summed E-state index contributed by atoms with van der Waals surface area (Å²) in [5.41, 5.74) is 3.73. The molecular weight excluding hydrogens is 402 g/mol. The molecule has 4 rings (SSSR count). The topological polar surface area (TPSA) is 65.2 Å². The first-order valence-corrected chi connectivity index (χ1v) is 10.4. The Labute approximate surface area is 178 Å². The summed E-state index contributed by atoms with van der Waals surface area (Å²) < 4.78 is 0.549. The van der Waals surface area contributed by atoms with E-state index in [1.165, 1.54) is 27.6 Å². The molecule has 146 valence electrons. The Morgan fingerprint density at radius 3 is 2.69 bits per heavy atom. The second kappa shape index (κ2) is 8.23. The smallest absolute Gasteiger partial charge is 0.265 e. The fourth-order valence-electron chi connectivity index (χ4n) is 3.18. The Kier molecular flexibility index (Phi) is 5.51. The van der Waals surface area contributed by atoms with Gasteiger partial charge in [-0.05, 0) is 41.8 Å². The van der Waals surface area contributed by atoms with Gasteiger partial charge in [0.1, 0.15) is 4.32 Å². The number of likely N-dealkylation sites (N-methyl/N-ethyl adjacent to an activating group) is 1. The molecule has 0 atom stereocenters. The lowest BCUT2D eigenvalue weighted by molar-refractivity contribution is -0.121. The molecule has 1 aliphatic heterocycles. The van der Waals surface area contributed by atoms with Crippen LogP contribution >= 0.6 is 24.0 Å². The van der Waals surface area contributed by atoms with Crippen LogP contribution in [-0.2, 0) is 11.2 Å². The van der Waals surface area contributed by atoms with Crippen LogP contribution in [0.1, 0.15) is 21.5 Å². The zero-order chi connectivity index (χ0) is 20.4. The average Bonchev–Trinajstić information content (AvgIpc) is 3.25. The molecule has 29 heavy (non-hydrogen) atoms. The van der Waals surface area contributed by atoms with Gasteiger partial charge in [-0.15, -0.1) is 0 Å². The maximum atomic E-state index is 12.4. The zero-order valence-corrected chi connectivity index (χ0v) is 17.4. The highest BCUT2D eigenvalue weighted by atomic mass is 32.2. The maximum absolute atomic E-state index is 12.4. The van der Waals surface area contributed by atoms with Crippen LogP contribution in [0.2, 0.25) is 0 Å². The van der Waals surface area contributed by atoms with Gasteiger partial charge in [-0.2, -0.15) is 0 Å². The number of rotatable bonds is 5. The first-order valence-electron chi connectivity index (χ1n) is 9.18. The van der Waals surface area contributed by atoms with Crippen LogP contribution in [0, 0.1) is 0 Å². The quantitative estimate of drug-likeness (QED) is 0.483. The number of benzene rings is 2. The summed E-state index contributed by atoms with van der Waals surface area (Å²) in [6.45, 7) is 0.557. The van der Waals surface area contributed by atoms with Crippen LogP contribution in [0.4, 0.5) is 0 Å². The number of aromatic nitrogens is 1. The average molecular weight is 422 g/mol. The predicted molar refractivity (Wildman–Crippen MR) is 122 cm³/mol. The highest BCUT2D eigenvalue weighted by Crippen LogP contribution is 2.31. The molecule has 2 N–H and O–H groups in total. The third-order valence-corrected chi connectivity index (χ3v) is 6.30. The van der Waals surface area contributed by atoms with E-state index in [2.05, 4.69) is 16.4 Å². The van der Waals surface area contributed by atoms with Gasteiger partial charge in [0.05, 0.1) is 4.91 Å². The molecular formula is C22H19N3O2S2. The Morgan fingerprint density at radius 2 is 1.97 bits per heavy atom. The van der Waals surface area contributed by atoms with Crippen molar-refractivity contribution in [2.75, 3.05) is 13.6 Å². The first kappa shape index (κ1) is 19.4. The molecule has 1 saturated heterocycles. The number of fused-ring (bicyclic) bond motifs is 1. The molecule has 0 bridgehead atoms. The molecule has 0 saturated carbocycles. The Bertz CT molecular complexity index is 1130. The third kappa shape index (κ3) is 4.11. The van der Waals surface area contributed by atoms with Crippen LogP contribution in [-0.4, -0.2) is 39.6 Å². The summed E-state index contributed by atoms with van der Waals surface area (Å²) in [7, 11) is 1.67. The number of amides is 2. The van der Waals surface area contributed by atoms with Crippen molar-refractivity contribution in [3.05, 3.63) is 76.3 Å². The largest absolute Gasteiger partial charge is 0.361 e. The first-order chi connectivity index (χ1) is 14.0. The lowest BCUT2D eigenvalue weighted by atomic mass is 10.1. The van der Waals surface area contributed by atoms with Gasteiger partial charge in [-0.1, -0.05) is 54.3 Å². The van der Waals surface area contributed by atoms with E-state index in [-0.39, 0.29) is 11.8 Å². The molecule has 7 heteroatoms. The highest BCUT2D eigenvalue weighted by molar-refractivity contribution is 8.26. The molecule has 0 aliphatic carbocycles. The number of carbonyl (C=O) groups excluding carboxylic acids is 2. The number of nitrogens with zero attached hydrogens (tertiary/aromatic N) is 1. The Hall–Kier alpha value is -2.90. The van der Waals surface area contributed by atoms with Crippen molar-refractivity contribution in [3.8, 4) is 0 Å². The van der Waals surface area contributed by atoms with E-state index in [4.69, 9.17) is 12.2 Å². The van der Waals surface area contributed by atoms with E-state index in [1.807, 2.05) is 36.5 Å². The number of thioether (sulfide) groups is 1. The second-order valence-electron chi connectivity index (χ2n) is 6.73. The van der Waals surface area contributed by atoms with Crippen molar-refractivity contribution in [1.29, 1.82) is 0 Å². The van der Waals surface area contributed by atoms with Gasteiger partial charge in [0.15, 0.2) is 0 Å². The summed E-state index contributed by atoms with van der Waals surface area (Å²) in [6, 6.07) is 15.3. The highest BCUT2D eigenvalue weighted by Gasteiger charge is 2.28. The van der Waals surface area contributed by atoms with Gasteiger partial charge >= 0.3 is 0 Å². The van der Waals surface area contributed by atoms with Crippen molar-refractivity contribution >= 4 is 57.1 Å². The van der Waals surface area contributed by atoms with Crippen LogP contribution in [0.15, 0.2) is 59.6 Å². The van der Waals surface area contributed by atoms with Crippen LogP contribution < -0.4 is 5.32 Å². The molecule has 2 amide bonds. The minimum atomic E-state index is -0.115. The van der Waals surface area contributed by atoms with E-state index in [0.29, 0.717) is 21.3 Å². The lowest BCUT2D eigenvalue weighted by Gasteiger charge is -2.06. The summed E-state index contributed by atoms with van der Waals surface area (Å²) in [5, 5.41) is 4.15. The van der Waals surface area contributed by atoms with E-state index in [9.17, 15) is 9.59 Å². The van der Waals surface area contributed by atoms with Gasteiger partial charge in [0.25, 0.3) is 11.8 Å². The molecule has 0 radical (unpaired) electrons. The summed E-state index contributed by atoms with van der Waals surface area (Å²) in [6.07, 6.45) is 4.54. The normalized spacial score (nSPS) is 15.5. The van der Waals surface area contributed by atoms with E-state index >= 15 is 0 Å². The number of thiocarbonyl (C=S) groups is 1. The van der Waals surface area contributed by atoms with E-state index in [0.717, 1.165) is 17.5 Å². The minimum Gasteiger partial charge on any atom is -0.361 e. The van der Waals surface area contributed by atoms with Gasteiger partial charge < -0.3 is 10.3 Å². The van der Waals surface area contributed by atoms with Gasteiger partial charge in [0, 0.05) is 36.3 Å². The van der Waals surface area contributed by atoms with Crippen molar-refractivity contribution in [3.63, 3.8) is 0 Å². The fraction of sp³-hybridized carbons (Fsp3) is 0.136. The van der Waals surface area contributed by atoms with E-state index in [1.54, 1.807) is 25.3 Å². The van der Waals surface area contributed by atoms with Crippen molar-refractivity contribution < 1.29 is 9.59 Å². The molecule has 3 aromatic rings. The number of H-pyrrole nitrogens is 1. The second-order valence-corrected chi connectivity index (χ2v) is 8.40. The number of nitrogens with one attached hydrogen (secondary N) is 2. The lowest BCUT2D eigenvalue weighted by Crippen LogP contribution is -2.25. The van der Waals surface area contributed by atoms with Gasteiger partial charge in [-0.25, -0.2) is 0 Å². The van der Waals surface area contributed by atoms with Crippen molar-refractivity contribution in [1.82, 2.24) is 15.2 Å². The molecule has 0 unspecified atom stereocenters. The van der Waals surface area contributed by atoms with E-state index < -0.39 is 0 Å². The number of aromatic amines is 1. The maximum Gasteiger partial charge on any atom is 0.265 e. The molecule has 5 nitrogen and oxygen atoms in total. The Balaban J connectivity index is 1.36. The van der Waals surface area contributed by atoms with Crippen molar-refractivity contribution in [2.24, 2.45) is 0 Å². The van der Waals surface area contributed by atoms with Crippen molar-refractivity contribution in [2.45, 2.75) is 6.42 Å². The number of hydrogen-bond donors (Lipinski definition) is 2. The zero-order valence-electron chi connectivity index (χ0n) is 15.8. The van der Waals surface area contributed by atoms with Crippen LogP contribution in [0.3, 0.4) is 0 Å². The molecule has 0 spiro atoms.